The van der Waals surface area contributed by atoms with Gasteiger partial charge in [-0.1, -0.05) is 11.6 Å². The standard InChI is InChI=1S/C14H12ClF4N3O3/c1-2-24-12(23)9-6-10(25-7-14(18,19)13(16)17)21-22(9)11-8(15)4-3-5-20-11/h3-6,13H,2,7H2,1H3. The van der Waals surface area contributed by atoms with Gasteiger partial charge in [0.2, 0.25) is 5.88 Å². The normalized spacial score (nSPS) is 11.6. The lowest BCUT2D eigenvalue weighted by molar-refractivity contribution is -0.148. The van der Waals surface area contributed by atoms with E-state index in [4.69, 9.17) is 16.3 Å². The lowest BCUT2D eigenvalue weighted by Gasteiger charge is -2.14. The van der Waals surface area contributed by atoms with Crippen molar-refractivity contribution in [3.05, 3.63) is 35.1 Å². The Hall–Kier alpha value is -2.36. The second kappa shape index (κ2) is 7.68. The third kappa shape index (κ3) is 4.38. The van der Waals surface area contributed by atoms with Gasteiger partial charge in [0.1, 0.15) is 0 Å². The van der Waals surface area contributed by atoms with Gasteiger partial charge in [0, 0.05) is 12.3 Å². The van der Waals surface area contributed by atoms with E-state index < -0.39 is 30.8 Å². The van der Waals surface area contributed by atoms with Gasteiger partial charge in [0.25, 0.3) is 0 Å². The summed E-state index contributed by atoms with van der Waals surface area (Å²) in [6, 6.07) is 3.97. The van der Waals surface area contributed by atoms with Crippen molar-refractivity contribution in [3.8, 4) is 11.7 Å². The molecule has 2 aromatic heterocycles. The number of hydrogen-bond acceptors (Lipinski definition) is 5. The Bertz CT molecular complexity index is 755. The summed E-state index contributed by atoms with van der Waals surface area (Å²) in [7, 11) is 0. The Morgan fingerprint density at radius 1 is 1.44 bits per heavy atom. The first kappa shape index (κ1) is 19.0. The molecule has 0 aromatic carbocycles. The molecule has 11 heteroatoms. The van der Waals surface area contributed by atoms with E-state index in [1.165, 1.54) is 18.3 Å². The number of esters is 1. The Morgan fingerprint density at radius 2 is 2.16 bits per heavy atom. The van der Waals surface area contributed by atoms with Crippen LogP contribution in [0.25, 0.3) is 5.82 Å². The molecule has 6 nitrogen and oxygen atoms in total. The van der Waals surface area contributed by atoms with E-state index in [1.807, 2.05) is 0 Å². The molecular weight excluding hydrogens is 370 g/mol. The first-order chi connectivity index (χ1) is 11.8. The van der Waals surface area contributed by atoms with Crippen LogP contribution in [0, 0.1) is 0 Å². The van der Waals surface area contributed by atoms with Crippen LogP contribution in [0.5, 0.6) is 5.88 Å². The maximum atomic E-state index is 13.0. The average Bonchev–Trinajstić information content (AvgIpc) is 2.98. The van der Waals surface area contributed by atoms with Gasteiger partial charge in [-0.05, 0) is 19.1 Å². The van der Waals surface area contributed by atoms with E-state index in [-0.39, 0.29) is 23.1 Å². The summed E-state index contributed by atoms with van der Waals surface area (Å²) in [6.45, 7) is -0.00748. The predicted octanol–water partition coefficient (Wildman–Crippen LogP) is 3.38. The minimum Gasteiger partial charge on any atom is -0.470 e. The molecule has 0 fully saturated rings. The van der Waals surface area contributed by atoms with Gasteiger partial charge in [-0.25, -0.2) is 23.2 Å². The van der Waals surface area contributed by atoms with Crippen LogP contribution in [-0.2, 0) is 4.74 Å². The van der Waals surface area contributed by atoms with Crippen LogP contribution < -0.4 is 4.74 Å². The Kier molecular flexibility index (Phi) is 5.83. The highest BCUT2D eigenvalue weighted by molar-refractivity contribution is 6.32. The fourth-order valence-electron chi connectivity index (χ4n) is 1.71. The lowest BCUT2D eigenvalue weighted by atomic mass is 10.4. The first-order valence-corrected chi connectivity index (χ1v) is 7.31. The molecule has 0 saturated carbocycles. The third-order valence-electron chi connectivity index (χ3n) is 2.84. The number of carbonyl (C=O) groups excluding carboxylic acids is 1. The molecule has 0 aliphatic heterocycles. The Balaban J connectivity index is 2.36. The van der Waals surface area contributed by atoms with Crippen LogP contribution in [0.1, 0.15) is 17.4 Å². The van der Waals surface area contributed by atoms with Crippen molar-refractivity contribution in [1.29, 1.82) is 0 Å². The SMILES string of the molecule is CCOC(=O)c1cc(OCC(F)(F)C(F)F)nn1-c1ncccc1Cl. The summed E-state index contributed by atoms with van der Waals surface area (Å²) in [4.78, 5) is 15.9. The molecule has 0 radical (unpaired) electrons. The summed E-state index contributed by atoms with van der Waals surface area (Å²) < 4.78 is 60.7. The smallest absolute Gasteiger partial charge is 0.357 e. The van der Waals surface area contributed by atoms with Crippen LogP contribution in [0.3, 0.4) is 0 Å². The molecule has 0 unspecified atom stereocenters. The number of alkyl halides is 4. The Labute approximate surface area is 144 Å². The fourth-order valence-corrected chi connectivity index (χ4v) is 1.91. The van der Waals surface area contributed by atoms with Crippen molar-refractivity contribution in [3.63, 3.8) is 0 Å². The largest absolute Gasteiger partial charge is 0.470 e. The highest BCUT2D eigenvalue weighted by Gasteiger charge is 2.42. The predicted molar refractivity (Wildman–Crippen MR) is 78.8 cm³/mol. The molecule has 0 amide bonds. The van der Waals surface area contributed by atoms with Crippen LogP contribution in [0.4, 0.5) is 17.6 Å². The van der Waals surface area contributed by atoms with Gasteiger partial charge in [0.05, 0.1) is 11.6 Å². The molecule has 2 rings (SSSR count). The van der Waals surface area contributed by atoms with E-state index in [0.717, 1.165) is 10.7 Å². The number of carbonyl (C=O) groups is 1. The molecule has 25 heavy (non-hydrogen) atoms. The number of rotatable bonds is 7. The second-order valence-corrected chi connectivity index (χ2v) is 5.07. The molecular formula is C14H12ClF4N3O3. The van der Waals surface area contributed by atoms with Crippen LogP contribution in [0.15, 0.2) is 24.4 Å². The molecule has 0 spiro atoms. The van der Waals surface area contributed by atoms with Gasteiger partial charge in [-0.2, -0.15) is 8.78 Å². The highest BCUT2D eigenvalue weighted by Crippen LogP contribution is 2.26. The van der Waals surface area contributed by atoms with Gasteiger partial charge >= 0.3 is 18.3 Å². The van der Waals surface area contributed by atoms with E-state index in [0.29, 0.717) is 0 Å². The monoisotopic (exact) mass is 381 g/mol. The van der Waals surface area contributed by atoms with Gasteiger partial charge in [0.15, 0.2) is 18.1 Å². The quantitative estimate of drug-likeness (QED) is 0.543. The molecule has 0 atom stereocenters. The van der Waals surface area contributed by atoms with Gasteiger partial charge < -0.3 is 9.47 Å². The second-order valence-electron chi connectivity index (χ2n) is 4.66. The van der Waals surface area contributed by atoms with Crippen molar-refractivity contribution >= 4 is 17.6 Å². The van der Waals surface area contributed by atoms with Crippen molar-refractivity contribution in [2.75, 3.05) is 13.2 Å². The molecule has 136 valence electrons. The zero-order valence-electron chi connectivity index (χ0n) is 12.8. The molecule has 2 heterocycles. The van der Waals surface area contributed by atoms with Crippen molar-refractivity contribution < 1.29 is 31.8 Å². The van der Waals surface area contributed by atoms with Crippen LogP contribution in [-0.4, -0.2) is 46.3 Å². The molecule has 0 saturated heterocycles. The first-order valence-electron chi connectivity index (χ1n) is 6.93. The zero-order valence-corrected chi connectivity index (χ0v) is 13.5. The van der Waals surface area contributed by atoms with Crippen molar-refractivity contribution in [2.24, 2.45) is 0 Å². The molecule has 0 bridgehead atoms. The summed E-state index contributed by atoms with van der Waals surface area (Å²) in [5, 5.41) is 3.89. The van der Waals surface area contributed by atoms with Crippen LogP contribution >= 0.6 is 11.6 Å². The average molecular weight is 382 g/mol. The summed E-state index contributed by atoms with van der Waals surface area (Å²) in [5.41, 5.74) is -0.210. The van der Waals surface area contributed by atoms with Gasteiger partial charge in [-0.15, -0.1) is 5.10 Å². The number of ether oxygens (including phenoxy) is 2. The van der Waals surface area contributed by atoms with Crippen LogP contribution in [0.2, 0.25) is 5.02 Å². The minimum atomic E-state index is -4.36. The number of hydrogen-bond donors (Lipinski definition) is 0. The number of nitrogens with zero attached hydrogens (tertiary/aromatic N) is 3. The maximum absolute atomic E-state index is 13.0. The highest BCUT2D eigenvalue weighted by atomic mass is 35.5. The minimum absolute atomic E-state index is 0.0164. The van der Waals surface area contributed by atoms with Crippen molar-refractivity contribution in [2.45, 2.75) is 19.3 Å². The fraction of sp³-hybridized carbons (Fsp3) is 0.357. The number of aromatic nitrogens is 3. The third-order valence-corrected chi connectivity index (χ3v) is 3.14. The summed E-state index contributed by atoms with van der Waals surface area (Å²) in [5.74, 6) is -5.67. The van der Waals surface area contributed by atoms with Gasteiger partial charge in [-0.3, -0.25) is 0 Å². The van der Waals surface area contributed by atoms with E-state index in [2.05, 4.69) is 14.8 Å². The summed E-state index contributed by atoms with van der Waals surface area (Å²) in [6.07, 6.45) is -2.53. The molecule has 0 N–H and O–H groups in total. The molecule has 0 aliphatic rings. The maximum Gasteiger partial charge on any atom is 0.357 e. The molecule has 2 aromatic rings. The van der Waals surface area contributed by atoms with E-state index >= 15 is 0 Å². The summed E-state index contributed by atoms with van der Waals surface area (Å²) >= 11 is 5.98. The topological polar surface area (TPSA) is 66.2 Å². The number of pyridine rings is 1. The van der Waals surface area contributed by atoms with E-state index in [9.17, 15) is 22.4 Å². The van der Waals surface area contributed by atoms with Crippen molar-refractivity contribution in [1.82, 2.24) is 14.8 Å². The Morgan fingerprint density at radius 3 is 2.76 bits per heavy atom. The van der Waals surface area contributed by atoms with E-state index in [1.54, 1.807) is 6.92 Å². The lowest BCUT2D eigenvalue weighted by Crippen LogP contribution is -2.33. The molecule has 0 aliphatic carbocycles. The number of halogens is 5. The zero-order chi connectivity index (χ0) is 18.6.